The third-order valence-corrected chi connectivity index (χ3v) is 10.2. The predicted molar refractivity (Wildman–Crippen MR) is 191 cm³/mol. The maximum absolute atomic E-state index is 16.9. The van der Waals surface area contributed by atoms with Gasteiger partial charge in [0.1, 0.15) is 23.0 Å². The van der Waals surface area contributed by atoms with Crippen molar-refractivity contribution in [3.63, 3.8) is 0 Å². The maximum atomic E-state index is 16.9. The molecule has 256 valence electrons. The van der Waals surface area contributed by atoms with Gasteiger partial charge >= 0.3 is 12.1 Å². The van der Waals surface area contributed by atoms with Crippen LogP contribution in [-0.2, 0) is 4.74 Å². The molecule has 0 spiro atoms. The third kappa shape index (κ3) is 6.97. The number of amides is 1. The molecule has 2 saturated heterocycles. The summed E-state index contributed by atoms with van der Waals surface area (Å²) < 4.78 is 28.9. The minimum Gasteiger partial charge on any atom is -0.463 e. The second kappa shape index (κ2) is 13.3. The van der Waals surface area contributed by atoms with Crippen LogP contribution >= 0.6 is 11.6 Å². The van der Waals surface area contributed by atoms with Gasteiger partial charge in [-0.15, -0.1) is 0 Å². The predicted octanol–water partition coefficient (Wildman–Crippen LogP) is 7.84. The number of nitrogens with zero attached hydrogens (tertiary/aromatic N) is 6. The molecule has 0 unspecified atom stereocenters. The molecule has 4 aromatic rings. The third-order valence-electron chi connectivity index (χ3n) is 9.84. The first-order chi connectivity index (χ1) is 23.5. The van der Waals surface area contributed by atoms with Crippen LogP contribution in [0.15, 0.2) is 48.5 Å². The van der Waals surface area contributed by atoms with Crippen LogP contribution in [0, 0.1) is 17.8 Å². The van der Waals surface area contributed by atoms with Crippen LogP contribution in [0.5, 0.6) is 6.01 Å². The lowest BCUT2D eigenvalue weighted by Crippen LogP contribution is -2.57. The summed E-state index contributed by atoms with van der Waals surface area (Å²) >= 11 is 6.66. The first-order valence-electron chi connectivity index (χ1n) is 17.1. The normalized spacial score (nSPS) is 19.3. The van der Waals surface area contributed by atoms with Gasteiger partial charge in [-0.05, 0) is 82.6 Å². The Morgan fingerprint density at radius 2 is 1.80 bits per heavy atom. The van der Waals surface area contributed by atoms with Gasteiger partial charge in [-0.25, -0.2) is 15.8 Å². The van der Waals surface area contributed by atoms with Gasteiger partial charge in [0, 0.05) is 53.0 Å². The number of carbonyl (C=O) groups excluding carboxylic acids is 1. The molecule has 1 atom stereocenters. The van der Waals surface area contributed by atoms with Crippen molar-refractivity contribution in [3.8, 4) is 17.1 Å². The van der Waals surface area contributed by atoms with Crippen molar-refractivity contribution in [1.29, 1.82) is 0 Å². The molecule has 1 saturated carbocycles. The molecule has 1 amide bonds. The van der Waals surface area contributed by atoms with Gasteiger partial charge in [-0.1, -0.05) is 48.0 Å². The van der Waals surface area contributed by atoms with Gasteiger partial charge in [-0.2, -0.15) is 9.97 Å². The molecule has 3 aliphatic rings. The summed E-state index contributed by atoms with van der Waals surface area (Å²) in [7, 11) is 0. The molecule has 11 heteroatoms. The van der Waals surface area contributed by atoms with Gasteiger partial charge in [0.15, 0.2) is 5.82 Å². The molecule has 9 nitrogen and oxygen atoms in total. The molecule has 2 aliphatic heterocycles. The quantitative estimate of drug-likeness (QED) is 0.175. The number of anilines is 1. The summed E-state index contributed by atoms with van der Waals surface area (Å²) in [5, 5.41) is 2.76. The second-order valence-electron chi connectivity index (χ2n) is 14.7. The van der Waals surface area contributed by atoms with E-state index < -0.39 is 23.6 Å². The Kier molecular flexibility index (Phi) is 9.01. The van der Waals surface area contributed by atoms with Crippen LogP contribution in [-0.4, -0.2) is 89.9 Å². The SMILES string of the molecule is [C-]#[N+]C[C@H]1CN(c2nc(OCC3(CN4CCCC4)CC3)nc3c(F)c(-c4cccc5cccc(Cl)c45)ccc23)CCN1C(=O)OC(C)(C)C. The van der Waals surface area contributed by atoms with Gasteiger partial charge in [0.25, 0.3) is 0 Å². The number of fused-ring (bicyclic) bond motifs is 2. The van der Waals surface area contributed by atoms with Crippen LogP contribution in [0.3, 0.4) is 0 Å². The Morgan fingerprint density at radius 3 is 2.51 bits per heavy atom. The van der Waals surface area contributed by atoms with E-state index in [4.69, 9.17) is 37.6 Å². The van der Waals surface area contributed by atoms with Crippen LogP contribution in [0.2, 0.25) is 5.02 Å². The zero-order valence-corrected chi connectivity index (χ0v) is 29.1. The molecule has 3 fully saturated rings. The highest BCUT2D eigenvalue weighted by Crippen LogP contribution is 2.47. The molecule has 3 heterocycles. The fourth-order valence-corrected chi connectivity index (χ4v) is 7.47. The number of hydrogen-bond acceptors (Lipinski definition) is 7. The highest BCUT2D eigenvalue weighted by atomic mass is 35.5. The van der Waals surface area contributed by atoms with Crippen molar-refractivity contribution >= 4 is 45.2 Å². The van der Waals surface area contributed by atoms with Crippen molar-refractivity contribution in [3.05, 3.63) is 70.8 Å². The summed E-state index contributed by atoms with van der Waals surface area (Å²) in [6.07, 6.45) is 4.17. The summed E-state index contributed by atoms with van der Waals surface area (Å²) in [5.41, 5.74) is 0.611. The first kappa shape index (κ1) is 33.3. The van der Waals surface area contributed by atoms with Crippen molar-refractivity contribution in [2.24, 2.45) is 5.41 Å². The van der Waals surface area contributed by atoms with E-state index in [1.54, 1.807) is 11.0 Å². The molecule has 1 aromatic heterocycles. The number of aromatic nitrogens is 2. The zero-order chi connectivity index (χ0) is 34.3. The van der Waals surface area contributed by atoms with E-state index in [2.05, 4.69) is 9.74 Å². The van der Waals surface area contributed by atoms with Crippen LogP contribution in [0.25, 0.3) is 37.6 Å². The lowest BCUT2D eigenvalue weighted by Gasteiger charge is -2.40. The monoisotopic (exact) mass is 684 g/mol. The second-order valence-corrected chi connectivity index (χ2v) is 15.1. The van der Waals surface area contributed by atoms with Crippen molar-refractivity contribution < 1.29 is 18.7 Å². The number of hydrogen-bond donors (Lipinski definition) is 0. The number of rotatable bonds is 8. The number of ether oxygens (including phenoxy) is 2. The van der Waals surface area contributed by atoms with Gasteiger partial charge in [0.05, 0.1) is 6.61 Å². The maximum Gasteiger partial charge on any atom is 0.410 e. The number of piperazine rings is 1. The lowest BCUT2D eigenvalue weighted by molar-refractivity contribution is 0.0155. The minimum atomic E-state index is -0.663. The molecule has 0 N–H and O–H groups in total. The number of carbonyl (C=O) groups is 1. The standard InChI is InChI=1S/C38H42ClFN6O3/c1-37(2,3)49-36(47)46-20-19-45(22-26(46)21-41-4)34-29-14-13-28(27-11-7-9-25-10-8-12-30(39)31(25)27)32(40)33(29)42-35(43-34)48-24-38(15-16-38)23-44-17-5-6-18-44/h7-14,26H,5-6,15-24H2,1-3H3/t26-/m0/s1. The average Bonchev–Trinajstić information content (AvgIpc) is 3.64. The fourth-order valence-electron chi connectivity index (χ4n) is 7.19. The van der Waals surface area contributed by atoms with E-state index in [0.717, 1.165) is 43.2 Å². The van der Waals surface area contributed by atoms with E-state index in [0.29, 0.717) is 53.6 Å². The molecule has 7 rings (SSSR count). The van der Waals surface area contributed by atoms with Crippen molar-refractivity contribution in [2.45, 2.75) is 58.1 Å². The smallest absolute Gasteiger partial charge is 0.410 e. The van der Waals surface area contributed by atoms with Crippen molar-refractivity contribution in [2.75, 3.05) is 57.3 Å². The van der Waals surface area contributed by atoms with E-state index in [-0.39, 0.29) is 23.5 Å². The summed E-state index contributed by atoms with van der Waals surface area (Å²) in [6, 6.07) is 14.7. The Balaban J connectivity index is 1.27. The minimum absolute atomic E-state index is 0.0582. The van der Waals surface area contributed by atoms with Gasteiger partial charge in [0.2, 0.25) is 6.54 Å². The lowest BCUT2D eigenvalue weighted by atomic mass is 9.96. The molecule has 0 bridgehead atoms. The van der Waals surface area contributed by atoms with Gasteiger partial charge < -0.3 is 24.1 Å². The van der Waals surface area contributed by atoms with E-state index in [1.165, 1.54) is 12.8 Å². The average molecular weight is 685 g/mol. The van der Waals surface area contributed by atoms with Crippen molar-refractivity contribution in [1.82, 2.24) is 19.8 Å². The zero-order valence-electron chi connectivity index (χ0n) is 28.3. The molecule has 49 heavy (non-hydrogen) atoms. The number of halogens is 2. The Hall–Kier alpha value is -4.20. The number of likely N-dealkylation sites (tertiary alicyclic amines) is 1. The van der Waals surface area contributed by atoms with Crippen LogP contribution in [0.4, 0.5) is 15.0 Å². The molecule has 0 radical (unpaired) electrons. The van der Waals surface area contributed by atoms with Crippen LogP contribution in [0.1, 0.15) is 46.5 Å². The Bertz CT molecular complexity index is 1930. The molecular formula is C38H42ClFN6O3. The Labute approximate surface area is 291 Å². The summed E-state index contributed by atoms with van der Waals surface area (Å²) in [6.45, 7) is 17.9. The molecule has 3 aromatic carbocycles. The van der Waals surface area contributed by atoms with Crippen LogP contribution < -0.4 is 9.64 Å². The van der Waals surface area contributed by atoms with E-state index >= 15 is 4.39 Å². The largest absolute Gasteiger partial charge is 0.463 e. The highest BCUT2D eigenvalue weighted by Gasteiger charge is 2.45. The number of benzene rings is 3. The first-order valence-corrected chi connectivity index (χ1v) is 17.5. The van der Waals surface area contributed by atoms with E-state index in [1.807, 2.05) is 68.1 Å². The van der Waals surface area contributed by atoms with Gasteiger partial charge in [-0.3, -0.25) is 4.90 Å². The van der Waals surface area contributed by atoms with E-state index in [9.17, 15) is 4.79 Å². The Morgan fingerprint density at radius 1 is 1.04 bits per heavy atom. The topological polar surface area (TPSA) is 75.4 Å². The summed E-state index contributed by atoms with van der Waals surface area (Å²) in [5.74, 6) is 0.0336. The molecule has 1 aliphatic carbocycles. The summed E-state index contributed by atoms with van der Waals surface area (Å²) in [4.78, 5) is 32.5. The molecular weight excluding hydrogens is 643 g/mol. The highest BCUT2D eigenvalue weighted by molar-refractivity contribution is 6.36. The fraction of sp³-hybridized carbons (Fsp3) is 0.474.